The lowest BCUT2D eigenvalue weighted by molar-refractivity contribution is 0.0611. The molecule has 2 aromatic rings. The Balaban J connectivity index is 2.15. The predicted molar refractivity (Wildman–Crippen MR) is 68.2 cm³/mol. The number of rotatable bonds is 1. The van der Waals surface area contributed by atoms with Gasteiger partial charge in [-0.15, -0.1) is 0 Å². The molecule has 1 unspecified atom stereocenters. The molecular formula is C12H13ClFN3O. The zero-order valence-corrected chi connectivity index (χ0v) is 10.5. The van der Waals surface area contributed by atoms with Gasteiger partial charge in [-0.1, -0.05) is 11.6 Å². The molecule has 0 aliphatic carbocycles. The van der Waals surface area contributed by atoms with Crippen LogP contribution >= 0.6 is 11.6 Å². The number of ether oxygens (including phenoxy) is 1. The quantitative estimate of drug-likeness (QED) is 0.866. The number of hydrogen-bond acceptors (Lipinski definition) is 3. The van der Waals surface area contributed by atoms with E-state index in [1.54, 1.807) is 0 Å². The Morgan fingerprint density at radius 3 is 3.06 bits per heavy atom. The summed E-state index contributed by atoms with van der Waals surface area (Å²) in [4.78, 5) is 4.22. The van der Waals surface area contributed by atoms with Crippen LogP contribution in [0.3, 0.4) is 0 Å². The summed E-state index contributed by atoms with van der Waals surface area (Å²) in [5.41, 5.74) is 7.20. The normalized spacial score (nSPS) is 20.4. The molecule has 6 heteroatoms. The molecule has 0 radical (unpaired) electrons. The van der Waals surface area contributed by atoms with E-state index in [1.807, 2.05) is 4.57 Å². The van der Waals surface area contributed by atoms with Gasteiger partial charge in [-0.25, -0.2) is 9.37 Å². The summed E-state index contributed by atoms with van der Waals surface area (Å²) < 4.78 is 20.8. The second kappa shape index (κ2) is 4.40. The highest BCUT2D eigenvalue weighted by Gasteiger charge is 2.21. The van der Waals surface area contributed by atoms with Crippen LogP contribution in [0.2, 0.25) is 5.02 Å². The Bertz CT molecular complexity index is 593. The Morgan fingerprint density at radius 1 is 1.50 bits per heavy atom. The second-order valence-electron chi connectivity index (χ2n) is 4.47. The van der Waals surface area contributed by atoms with Gasteiger partial charge in [-0.2, -0.15) is 0 Å². The van der Waals surface area contributed by atoms with Gasteiger partial charge in [0.05, 0.1) is 28.7 Å². The summed E-state index contributed by atoms with van der Waals surface area (Å²) in [6.07, 6.45) is 1.93. The van der Waals surface area contributed by atoms with Crippen LogP contribution in [0.5, 0.6) is 0 Å². The largest absolute Gasteiger partial charge is 0.379 e. The number of aromatic nitrogens is 2. The maximum atomic E-state index is 13.6. The van der Waals surface area contributed by atoms with Crippen molar-refractivity contribution < 1.29 is 9.13 Å². The molecule has 1 aliphatic heterocycles. The van der Waals surface area contributed by atoms with Gasteiger partial charge in [0.15, 0.2) is 0 Å². The van der Waals surface area contributed by atoms with E-state index < -0.39 is 5.82 Å². The van der Waals surface area contributed by atoms with Crippen molar-refractivity contribution in [2.45, 2.75) is 18.9 Å². The standard InChI is InChI=1S/C12H13ClFN3O/c13-8-4-10-11(5-9(8)14)17(12(15)16-10)7-2-1-3-18-6-7/h4-5,7H,1-3,6H2,(H2,15,16). The molecule has 1 saturated heterocycles. The van der Waals surface area contributed by atoms with Crippen molar-refractivity contribution in [3.05, 3.63) is 23.0 Å². The molecule has 1 aromatic carbocycles. The summed E-state index contributed by atoms with van der Waals surface area (Å²) in [6.45, 7) is 1.35. The predicted octanol–water partition coefficient (Wildman–Crippen LogP) is 2.76. The number of anilines is 1. The van der Waals surface area contributed by atoms with E-state index in [1.165, 1.54) is 12.1 Å². The van der Waals surface area contributed by atoms with Crippen molar-refractivity contribution in [3.63, 3.8) is 0 Å². The van der Waals surface area contributed by atoms with Gasteiger partial charge in [0.1, 0.15) is 5.82 Å². The third kappa shape index (κ3) is 1.83. The fourth-order valence-corrected chi connectivity index (χ4v) is 2.58. The minimum Gasteiger partial charge on any atom is -0.379 e. The molecule has 2 N–H and O–H groups in total. The topological polar surface area (TPSA) is 53.1 Å². The molecule has 0 spiro atoms. The number of halogens is 2. The zero-order chi connectivity index (χ0) is 12.7. The average Bonchev–Trinajstić information content (AvgIpc) is 2.66. The highest BCUT2D eigenvalue weighted by Crippen LogP contribution is 2.30. The van der Waals surface area contributed by atoms with Gasteiger partial charge in [-0.3, -0.25) is 0 Å². The van der Waals surface area contributed by atoms with Crippen LogP contribution in [0.1, 0.15) is 18.9 Å². The molecule has 1 aliphatic rings. The van der Waals surface area contributed by atoms with E-state index in [9.17, 15) is 4.39 Å². The summed E-state index contributed by atoms with van der Waals surface area (Å²) >= 11 is 5.75. The van der Waals surface area contributed by atoms with Crippen molar-refractivity contribution in [1.82, 2.24) is 9.55 Å². The molecule has 1 fully saturated rings. The Kier molecular flexibility index (Phi) is 2.87. The van der Waals surface area contributed by atoms with Crippen LogP contribution in [0.4, 0.5) is 10.3 Å². The fourth-order valence-electron chi connectivity index (χ4n) is 2.42. The van der Waals surface area contributed by atoms with Gasteiger partial charge in [-0.05, 0) is 18.9 Å². The lowest BCUT2D eigenvalue weighted by Crippen LogP contribution is -2.22. The van der Waals surface area contributed by atoms with E-state index in [0.29, 0.717) is 23.6 Å². The third-order valence-corrected chi connectivity index (χ3v) is 3.55. The number of nitrogen functional groups attached to an aromatic ring is 1. The number of nitrogens with zero attached hydrogens (tertiary/aromatic N) is 2. The maximum absolute atomic E-state index is 13.6. The third-order valence-electron chi connectivity index (χ3n) is 3.26. The molecule has 0 saturated carbocycles. The van der Waals surface area contributed by atoms with Crippen molar-refractivity contribution in [1.29, 1.82) is 0 Å². The van der Waals surface area contributed by atoms with E-state index in [0.717, 1.165) is 19.4 Å². The molecule has 1 aromatic heterocycles. The van der Waals surface area contributed by atoms with Gasteiger partial charge in [0.2, 0.25) is 5.95 Å². The molecule has 96 valence electrons. The van der Waals surface area contributed by atoms with Gasteiger partial charge in [0, 0.05) is 12.7 Å². The Morgan fingerprint density at radius 2 is 2.33 bits per heavy atom. The first kappa shape index (κ1) is 11.7. The average molecular weight is 270 g/mol. The number of imidazole rings is 1. The van der Waals surface area contributed by atoms with E-state index in [2.05, 4.69) is 4.98 Å². The van der Waals surface area contributed by atoms with Crippen LogP contribution in [0.15, 0.2) is 12.1 Å². The Labute approximate surface area is 108 Å². The van der Waals surface area contributed by atoms with Crippen molar-refractivity contribution in [2.75, 3.05) is 18.9 Å². The molecule has 0 amide bonds. The summed E-state index contributed by atoms with van der Waals surface area (Å²) in [5.74, 6) is -0.0794. The van der Waals surface area contributed by atoms with Gasteiger partial charge in [0.25, 0.3) is 0 Å². The number of benzene rings is 1. The first-order valence-electron chi connectivity index (χ1n) is 5.87. The van der Waals surface area contributed by atoms with Crippen LogP contribution in [0.25, 0.3) is 11.0 Å². The lowest BCUT2D eigenvalue weighted by Gasteiger charge is -2.24. The van der Waals surface area contributed by atoms with Crippen LogP contribution < -0.4 is 5.73 Å². The summed E-state index contributed by atoms with van der Waals surface area (Å²) in [6, 6.07) is 3.00. The SMILES string of the molecule is Nc1nc2cc(Cl)c(F)cc2n1C1CCCOC1. The van der Waals surface area contributed by atoms with E-state index in [-0.39, 0.29) is 11.1 Å². The highest BCUT2D eigenvalue weighted by atomic mass is 35.5. The van der Waals surface area contributed by atoms with Gasteiger partial charge < -0.3 is 15.0 Å². The van der Waals surface area contributed by atoms with E-state index >= 15 is 0 Å². The minimum atomic E-state index is -0.456. The Hall–Kier alpha value is -1.33. The number of nitrogens with two attached hydrogens (primary N) is 1. The molecule has 1 atom stereocenters. The number of hydrogen-bond donors (Lipinski definition) is 1. The van der Waals surface area contributed by atoms with Gasteiger partial charge >= 0.3 is 0 Å². The molecule has 4 nitrogen and oxygen atoms in total. The smallest absolute Gasteiger partial charge is 0.201 e. The van der Waals surface area contributed by atoms with Crippen LogP contribution in [-0.4, -0.2) is 22.8 Å². The highest BCUT2D eigenvalue weighted by molar-refractivity contribution is 6.31. The molecular weight excluding hydrogens is 257 g/mol. The van der Waals surface area contributed by atoms with Crippen molar-refractivity contribution in [2.24, 2.45) is 0 Å². The van der Waals surface area contributed by atoms with Crippen LogP contribution in [-0.2, 0) is 4.74 Å². The first-order valence-corrected chi connectivity index (χ1v) is 6.25. The second-order valence-corrected chi connectivity index (χ2v) is 4.87. The molecule has 0 bridgehead atoms. The van der Waals surface area contributed by atoms with Crippen LogP contribution in [0, 0.1) is 5.82 Å². The summed E-state index contributed by atoms with van der Waals surface area (Å²) in [7, 11) is 0. The zero-order valence-electron chi connectivity index (χ0n) is 9.70. The lowest BCUT2D eigenvalue weighted by atomic mass is 10.1. The van der Waals surface area contributed by atoms with E-state index in [4.69, 9.17) is 22.1 Å². The molecule has 2 heterocycles. The maximum Gasteiger partial charge on any atom is 0.201 e. The summed E-state index contributed by atoms with van der Waals surface area (Å²) in [5, 5.41) is 0.0621. The number of fused-ring (bicyclic) bond motifs is 1. The first-order chi connectivity index (χ1) is 8.66. The monoisotopic (exact) mass is 269 g/mol. The fraction of sp³-hybridized carbons (Fsp3) is 0.417. The minimum absolute atomic E-state index is 0.0621. The van der Waals surface area contributed by atoms with Crippen molar-refractivity contribution in [3.8, 4) is 0 Å². The van der Waals surface area contributed by atoms with Crippen molar-refractivity contribution >= 4 is 28.6 Å². The molecule has 18 heavy (non-hydrogen) atoms. The molecule has 3 rings (SSSR count).